The van der Waals surface area contributed by atoms with Crippen LogP contribution in [0.15, 0.2) is 65.9 Å². The van der Waals surface area contributed by atoms with E-state index in [1.54, 1.807) is 35.1 Å². The molecule has 6 rings (SSSR count). The minimum Gasteiger partial charge on any atom is -0.358 e. The fourth-order valence-electron chi connectivity index (χ4n) is 3.70. The predicted molar refractivity (Wildman–Crippen MR) is 129 cm³/mol. The molecule has 0 spiro atoms. The van der Waals surface area contributed by atoms with Crippen LogP contribution in [-0.4, -0.2) is 19.9 Å². The molecule has 0 radical (unpaired) electrons. The van der Waals surface area contributed by atoms with E-state index in [9.17, 15) is 0 Å². The van der Waals surface area contributed by atoms with Crippen molar-refractivity contribution in [2.45, 2.75) is 19.3 Å². The quantitative estimate of drug-likeness (QED) is 0.197. The van der Waals surface area contributed by atoms with Crippen molar-refractivity contribution in [3.8, 4) is 22.5 Å². The van der Waals surface area contributed by atoms with Gasteiger partial charge in [0.15, 0.2) is 0 Å². The van der Waals surface area contributed by atoms with Crippen LogP contribution < -0.4 is 4.90 Å². The first kappa shape index (κ1) is 22.1. The number of hydrogen-bond acceptors (Lipinski definition) is 7. The summed E-state index contributed by atoms with van der Waals surface area (Å²) in [5, 5.41) is 6.17. The number of benzene rings is 1. The van der Waals surface area contributed by atoms with Crippen LogP contribution in [0, 0.1) is 12.1 Å². The summed E-state index contributed by atoms with van der Waals surface area (Å²) < 4.78 is 0. The maximum absolute atomic E-state index is 4.96. The Balaban J connectivity index is 0.00000228. The fraction of sp³-hybridized carbons (Fsp3) is 0.120. The van der Waals surface area contributed by atoms with E-state index in [-0.39, 0.29) is 26.5 Å². The van der Waals surface area contributed by atoms with E-state index in [1.807, 2.05) is 30.6 Å². The van der Waals surface area contributed by atoms with Crippen molar-refractivity contribution in [3.05, 3.63) is 88.0 Å². The van der Waals surface area contributed by atoms with Crippen LogP contribution in [0.3, 0.4) is 0 Å². The third kappa shape index (κ3) is 3.84. The first-order valence-corrected chi connectivity index (χ1v) is 11.9. The largest absolute Gasteiger partial charge is 2.00 e. The second kappa shape index (κ2) is 8.56. The van der Waals surface area contributed by atoms with Crippen LogP contribution in [-0.2, 0) is 26.5 Å². The number of rotatable bonds is 1. The molecule has 0 saturated heterocycles. The summed E-state index contributed by atoms with van der Waals surface area (Å²) in [7, 11) is 0. The van der Waals surface area contributed by atoms with Gasteiger partial charge in [-0.05, 0) is 60.5 Å². The van der Waals surface area contributed by atoms with Crippen LogP contribution in [0.4, 0.5) is 17.1 Å². The summed E-state index contributed by atoms with van der Waals surface area (Å²) in [5.41, 5.74) is 5.70. The van der Waals surface area contributed by atoms with Gasteiger partial charge in [0.1, 0.15) is 0 Å². The zero-order valence-electron chi connectivity index (χ0n) is 17.7. The minimum atomic E-state index is -0.303. The minimum absolute atomic E-state index is 0. The van der Waals surface area contributed by atoms with Crippen molar-refractivity contribution in [3.63, 3.8) is 0 Å². The first-order chi connectivity index (χ1) is 15.6. The van der Waals surface area contributed by atoms with Crippen LogP contribution >= 0.6 is 22.7 Å². The van der Waals surface area contributed by atoms with Gasteiger partial charge >= 0.3 is 21.1 Å². The third-order valence-corrected chi connectivity index (χ3v) is 7.78. The van der Waals surface area contributed by atoms with Crippen molar-refractivity contribution in [1.82, 2.24) is 19.9 Å². The molecule has 0 amide bonds. The Kier molecular flexibility index (Phi) is 5.73. The number of pyridine rings is 2. The Morgan fingerprint density at radius 3 is 1.79 bits per heavy atom. The van der Waals surface area contributed by atoms with Crippen LogP contribution in [0.5, 0.6) is 0 Å². The standard InChI is InChI=1S/C25H17N5S2.Pt/c1-25(2)23-28-21(14-31-23)16-8-19(12-26-10-16)30(18-6-4-3-5-7-18)20-9-17(11-27-13-20)22-15-32-24(25)29-22;/h3-7,10-15H,1-2H3;/q-2;+2. The van der Waals surface area contributed by atoms with Crippen molar-refractivity contribution in [2.75, 3.05) is 4.90 Å². The van der Waals surface area contributed by atoms with Gasteiger partial charge < -0.3 is 14.9 Å². The Bertz CT molecular complexity index is 1340. The molecule has 5 aromatic rings. The van der Waals surface area contributed by atoms with Crippen LogP contribution in [0.2, 0.25) is 0 Å². The number of fused-ring (bicyclic) bond motifs is 10. The summed E-state index contributed by atoms with van der Waals surface area (Å²) in [6, 6.07) is 17.2. The molecule has 0 aliphatic carbocycles. The Hall–Kier alpha value is -2.73. The Morgan fingerprint density at radius 2 is 1.27 bits per heavy atom. The molecular weight excluding hydrogens is 630 g/mol. The molecule has 0 fully saturated rings. The molecule has 1 aliphatic heterocycles. The summed E-state index contributed by atoms with van der Waals surface area (Å²) in [4.78, 5) is 21.0. The average molecular weight is 647 g/mol. The van der Waals surface area contributed by atoms with E-state index in [2.05, 4.69) is 63.7 Å². The molecule has 5 nitrogen and oxygen atoms in total. The molecule has 0 unspecified atom stereocenters. The third-order valence-electron chi connectivity index (χ3n) is 5.45. The molecular formula is C25H17N5PtS2. The first-order valence-electron chi connectivity index (χ1n) is 10.1. The average Bonchev–Trinajstić information content (AvgIpc) is 3.51. The summed E-state index contributed by atoms with van der Waals surface area (Å²) in [5.74, 6) is 0. The molecule has 1 aliphatic rings. The van der Waals surface area contributed by atoms with Gasteiger partial charge in [-0.15, -0.1) is 45.9 Å². The van der Waals surface area contributed by atoms with Crippen molar-refractivity contribution >= 4 is 39.7 Å². The predicted octanol–water partition coefficient (Wildman–Crippen LogP) is 6.43. The van der Waals surface area contributed by atoms with E-state index >= 15 is 0 Å². The van der Waals surface area contributed by atoms with Gasteiger partial charge in [-0.1, -0.05) is 30.6 Å². The topological polar surface area (TPSA) is 54.8 Å². The second-order valence-corrected chi connectivity index (χ2v) is 9.75. The number of nitrogens with zero attached hydrogens (tertiary/aromatic N) is 5. The Morgan fingerprint density at radius 1 is 0.758 bits per heavy atom. The van der Waals surface area contributed by atoms with E-state index in [4.69, 9.17) is 9.97 Å². The van der Waals surface area contributed by atoms with Gasteiger partial charge in [0.05, 0.1) is 15.4 Å². The number of para-hydroxylation sites is 1. The van der Waals surface area contributed by atoms with E-state index < -0.39 is 0 Å². The number of aromatic nitrogens is 4. The molecule has 8 heteroatoms. The van der Waals surface area contributed by atoms with Gasteiger partial charge in [0.25, 0.3) is 0 Å². The number of hydrogen-bond donors (Lipinski definition) is 0. The van der Waals surface area contributed by atoms with Gasteiger partial charge in [-0.25, -0.2) is 0 Å². The van der Waals surface area contributed by atoms with Crippen molar-refractivity contribution in [1.29, 1.82) is 0 Å². The zero-order chi connectivity index (χ0) is 21.7. The van der Waals surface area contributed by atoms with Gasteiger partial charge in [0, 0.05) is 17.1 Å². The van der Waals surface area contributed by atoms with Gasteiger partial charge in [0.2, 0.25) is 0 Å². The monoisotopic (exact) mass is 646 g/mol. The van der Waals surface area contributed by atoms with E-state index in [0.29, 0.717) is 0 Å². The normalized spacial score (nSPS) is 13.7. The molecule has 8 bridgehead atoms. The maximum Gasteiger partial charge on any atom is 2.00 e. The number of anilines is 3. The molecule has 0 N–H and O–H groups in total. The van der Waals surface area contributed by atoms with Crippen LogP contribution in [0.1, 0.15) is 23.9 Å². The van der Waals surface area contributed by atoms with E-state index in [1.165, 1.54) is 0 Å². The van der Waals surface area contributed by atoms with Gasteiger partial charge in [-0.2, -0.15) is 0 Å². The molecule has 5 heterocycles. The molecule has 0 saturated carbocycles. The van der Waals surface area contributed by atoms with Crippen molar-refractivity contribution in [2.24, 2.45) is 0 Å². The van der Waals surface area contributed by atoms with Crippen molar-refractivity contribution < 1.29 is 21.1 Å². The van der Waals surface area contributed by atoms with Gasteiger partial charge in [-0.3, -0.25) is 9.97 Å². The second-order valence-electron chi connectivity index (χ2n) is 8.03. The molecule has 1 aromatic carbocycles. The molecule has 4 aromatic heterocycles. The fourth-order valence-corrected chi connectivity index (χ4v) is 5.66. The molecule has 0 atom stereocenters. The molecule has 164 valence electrons. The summed E-state index contributed by atoms with van der Waals surface area (Å²) in [6.07, 6.45) is 7.23. The Labute approximate surface area is 214 Å². The SMILES string of the molecule is CC1(C)c2nc(cs2)-c2[c-]c(cnc2)N(c2ccccc2)c2[c-]c(cnc2)-c2csc1n2.[Pt+2]. The van der Waals surface area contributed by atoms with Crippen LogP contribution in [0.25, 0.3) is 22.5 Å². The smallest absolute Gasteiger partial charge is 0.358 e. The summed E-state index contributed by atoms with van der Waals surface area (Å²) >= 11 is 3.29. The zero-order valence-corrected chi connectivity index (χ0v) is 21.6. The summed E-state index contributed by atoms with van der Waals surface area (Å²) in [6.45, 7) is 4.33. The molecule has 33 heavy (non-hydrogen) atoms. The van der Waals surface area contributed by atoms with E-state index in [0.717, 1.165) is 49.6 Å². The maximum atomic E-state index is 4.96. The number of thiazole rings is 2.